The average molecular weight is 531 g/mol. The lowest BCUT2D eigenvalue weighted by atomic mass is 10.1. The standard InChI is InChI=1S/C26H34N4O6S/c1-28(10-9-26(34)29(12-14-31)13-15-32)37(35,36)21-6-7-25(30-11-8-20(33)18-30)22(17-21)24-16-19-4-2-3-5-23(19)27-24/h2-7,16-17,20,27,31-33H,8-15,18H2,1H3/t20-/m0/s1. The molecule has 1 amide bonds. The number of sulfonamides is 1. The number of carbonyl (C=O) groups excluding carboxylic acids is 1. The number of rotatable bonds is 11. The van der Waals surface area contributed by atoms with Crippen molar-refractivity contribution in [3.63, 3.8) is 0 Å². The lowest BCUT2D eigenvalue weighted by Gasteiger charge is -2.24. The van der Waals surface area contributed by atoms with Crippen LogP contribution in [-0.4, -0.2) is 103 Å². The number of fused-ring (bicyclic) bond motifs is 1. The highest BCUT2D eigenvalue weighted by Crippen LogP contribution is 2.36. The molecule has 1 aliphatic rings. The SMILES string of the molecule is CN(CCC(=O)N(CCO)CCO)S(=O)(=O)c1ccc(N2CC[C@H](O)C2)c(-c2cc3ccccc3[nH]2)c1. The summed E-state index contributed by atoms with van der Waals surface area (Å²) in [5.74, 6) is -0.341. The van der Waals surface area contributed by atoms with Gasteiger partial charge in [-0.2, -0.15) is 0 Å². The zero-order valence-corrected chi connectivity index (χ0v) is 21.7. The van der Waals surface area contributed by atoms with E-state index in [4.69, 9.17) is 10.2 Å². The minimum absolute atomic E-state index is 0.0453. The molecular weight excluding hydrogens is 496 g/mol. The number of hydrogen-bond donors (Lipinski definition) is 4. The van der Waals surface area contributed by atoms with Crippen molar-refractivity contribution in [2.45, 2.75) is 23.8 Å². The topological polar surface area (TPSA) is 137 Å². The van der Waals surface area contributed by atoms with E-state index in [0.29, 0.717) is 25.1 Å². The van der Waals surface area contributed by atoms with Crippen molar-refractivity contribution in [1.82, 2.24) is 14.2 Å². The number of amides is 1. The molecular formula is C26H34N4O6S. The van der Waals surface area contributed by atoms with E-state index in [1.807, 2.05) is 30.3 Å². The number of aromatic nitrogens is 1. The fourth-order valence-corrected chi connectivity index (χ4v) is 5.86. The molecule has 200 valence electrons. The third kappa shape index (κ3) is 5.97. The van der Waals surface area contributed by atoms with Gasteiger partial charge >= 0.3 is 0 Å². The minimum atomic E-state index is -3.91. The molecule has 3 aromatic rings. The fraction of sp³-hybridized carbons (Fsp3) is 0.423. The highest BCUT2D eigenvalue weighted by atomic mass is 32.2. The number of nitrogens with zero attached hydrogens (tertiary/aromatic N) is 3. The van der Waals surface area contributed by atoms with E-state index in [-0.39, 0.29) is 50.1 Å². The van der Waals surface area contributed by atoms with Gasteiger partial charge < -0.3 is 30.1 Å². The maximum atomic E-state index is 13.5. The van der Waals surface area contributed by atoms with Crippen molar-refractivity contribution < 1.29 is 28.5 Å². The number of aliphatic hydroxyl groups excluding tert-OH is 3. The number of benzene rings is 2. The zero-order chi connectivity index (χ0) is 26.6. The molecule has 1 atom stereocenters. The quantitative estimate of drug-likeness (QED) is 0.293. The van der Waals surface area contributed by atoms with Crippen LogP contribution in [0.1, 0.15) is 12.8 Å². The molecule has 0 unspecified atom stereocenters. The lowest BCUT2D eigenvalue weighted by molar-refractivity contribution is -0.132. The van der Waals surface area contributed by atoms with Gasteiger partial charge in [-0.15, -0.1) is 0 Å². The average Bonchev–Trinajstić information content (AvgIpc) is 3.52. The van der Waals surface area contributed by atoms with E-state index in [1.54, 1.807) is 18.2 Å². The highest BCUT2D eigenvalue weighted by molar-refractivity contribution is 7.89. The van der Waals surface area contributed by atoms with Gasteiger partial charge in [0.25, 0.3) is 0 Å². The molecule has 10 nitrogen and oxygen atoms in total. The number of nitrogens with one attached hydrogen (secondary N) is 1. The van der Waals surface area contributed by atoms with Gasteiger partial charge in [0, 0.05) is 74.0 Å². The Morgan fingerprint density at radius 2 is 1.81 bits per heavy atom. The minimum Gasteiger partial charge on any atom is -0.395 e. The van der Waals surface area contributed by atoms with Crippen molar-refractivity contribution in [3.8, 4) is 11.3 Å². The second-order valence-electron chi connectivity index (χ2n) is 9.24. The Morgan fingerprint density at radius 1 is 1.08 bits per heavy atom. The van der Waals surface area contributed by atoms with Gasteiger partial charge in [-0.25, -0.2) is 12.7 Å². The van der Waals surface area contributed by atoms with Crippen molar-refractivity contribution in [2.75, 3.05) is 57.9 Å². The normalized spacial score (nSPS) is 16.1. The number of β-amino-alcohol motifs (C(OH)–C–C–N with tert-alkyl or cyclic N) is 1. The van der Waals surface area contributed by atoms with Crippen LogP contribution in [0.3, 0.4) is 0 Å². The molecule has 2 aromatic carbocycles. The van der Waals surface area contributed by atoms with Crippen LogP contribution in [0.4, 0.5) is 5.69 Å². The van der Waals surface area contributed by atoms with E-state index < -0.39 is 16.1 Å². The molecule has 1 aliphatic heterocycles. The van der Waals surface area contributed by atoms with E-state index in [9.17, 15) is 18.3 Å². The van der Waals surface area contributed by atoms with Crippen LogP contribution in [0.15, 0.2) is 53.4 Å². The Hall–Kier alpha value is -2.96. The lowest BCUT2D eigenvalue weighted by Crippen LogP contribution is -2.38. The van der Waals surface area contributed by atoms with Crippen LogP contribution in [0.2, 0.25) is 0 Å². The second kappa shape index (κ2) is 11.6. The van der Waals surface area contributed by atoms with Crippen molar-refractivity contribution in [1.29, 1.82) is 0 Å². The predicted molar refractivity (Wildman–Crippen MR) is 142 cm³/mol. The monoisotopic (exact) mass is 530 g/mol. The van der Waals surface area contributed by atoms with Crippen LogP contribution in [0, 0.1) is 0 Å². The third-order valence-electron chi connectivity index (χ3n) is 6.73. The van der Waals surface area contributed by atoms with Gasteiger partial charge in [0.05, 0.1) is 24.2 Å². The number of anilines is 1. The van der Waals surface area contributed by atoms with E-state index >= 15 is 0 Å². The highest BCUT2D eigenvalue weighted by Gasteiger charge is 2.27. The molecule has 0 aliphatic carbocycles. The van der Waals surface area contributed by atoms with Crippen molar-refractivity contribution >= 4 is 32.5 Å². The largest absolute Gasteiger partial charge is 0.395 e. The maximum absolute atomic E-state index is 13.5. The summed E-state index contributed by atoms with van der Waals surface area (Å²) in [5.41, 5.74) is 3.26. The summed E-state index contributed by atoms with van der Waals surface area (Å²) < 4.78 is 28.1. The molecule has 0 radical (unpaired) electrons. The Balaban J connectivity index is 1.63. The molecule has 0 bridgehead atoms. The van der Waals surface area contributed by atoms with Gasteiger partial charge in [-0.1, -0.05) is 18.2 Å². The zero-order valence-electron chi connectivity index (χ0n) is 20.9. The van der Waals surface area contributed by atoms with Crippen LogP contribution in [-0.2, 0) is 14.8 Å². The number of hydrogen-bond acceptors (Lipinski definition) is 7. The molecule has 1 saturated heterocycles. The number of H-pyrrole nitrogens is 1. The van der Waals surface area contributed by atoms with Gasteiger partial charge in [-0.3, -0.25) is 4.79 Å². The molecule has 11 heteroatoms. The molecule has 1 fully saturated rings. The van der Waals surface area contributed by atoms with Gasteiger partial charge in [-0.05, 0) is 36.8 Å². The van der Waals surface area contributed by atoms with E-state index in [2.05, 4.69) is 9.88 Å². The molecule has 4 rings (SSSR count). The first-order valence-corrected chi connectivity index (χ1v) is 13.8. The first-order chi connectivity index (χ1) is 17.7. The number of carbonyl (C=O) groups is 1. The molecule has 1 aromatic heterocycles. The van der Waals surface area contributed by atoms with Crippen LogP contribution in [0.5, 0.6) is 0 Å². The Kier molecular flexibility index (Phi) is 8.50. The summed E-state index contributed by atoms with van der Waals surface area (Å²) >= 11 is 0. The van der Waals surface area contributed by atoms with E-state index in [1.165, 1.54) is 11.9 Å². The Labute approximate surface area is 216 Å². The Bertz CT molecular complexity index is 1300. The number of aromatic amines is 1. The summed E-state index contributed by atoms with van der Waals surface area (Å²) in [6, 6.07) is 14.8. The molecule has 37 heavy (non-hydrogen) atoms. The van der Waals surface area contributed by atoms with Crippen molar-refractivity contribution in [3.05, 3.63) is 48.5 Å². The van der Waals surface area contributed by atoms with Crippen LogP contribution in [0.25, 0.3) is 22.2 Å². The molecule has 2 heterocycles. The summed E-state index contributed by atoms with van der Waals surface area (Å²) in [5, 5.41) is 29.4. The first kappa shape index (κ1) is 27.1. The Morgan fingerprint density at radius 3 is 2.46 bits per heavy atom. The maximum Gasteiger partial charge on any atom is 0.242 e. The third-order valence-corrected chi connectivity index (χ3v) is 8.59. The predicted octanol–water partition coefficient (Wildman–Crippen LogP) is 1.23. The second-order valence-corrected chi connectivity index (χ2v) is 11.3. The van der Waals surface area contributed by atoms with Crippen LogP contribution >= 0.6 is 0 Å². The summed E-state index contributed by atoms with van der Waals surface area (Å²) in [6.07, 6.45) is 0.139. The molecule has 0 saturated carbocycles. The summed E-state index contributed by atoms with van der Waals surface area (Å²) in [4.78, 5) is 19.3. The van der Waals surface area contributed by atoms with Gasteiger partial charge in [0.15, 0.2) is 0 Å². The summed E-state index contributed by atoms with van der Waals surface area (Å²) in [6.45, 7) is 0.775. The van der Waals surface area contributed by atoms with Gasteiger partial charge in [0.1, 0.15) is 0 Å². The van der Waals surface area contributed by atoms with E-state index in [0.717, 1.165) is 26.6 Å². The van der Waals surface area contributed by atoms with Crippen LogP contribution < -0.4 is 4.90 Å². The summed E-state index contributed by atoms with van der Waals surface area (Å²) in [7, 11) is -2.49. The van der Waals surface area contributed by atoms with Crippen molar-refractivity contribution in [2.24, 2.45) is 0 Å². The number of aliphatic hydroxyl groups is 3. The fourth-order valence-electron chi connectivity index (χ4n) is 4.66. The molecule has 4 N–H and O–H groups in total. The van der Waals surface area contributed by atoms with Gasteiger partial charge in [0.2, 0.25) is 15.9 Å². The molecule has 0 spiro atoms. The number of para-hydroxylation sites is 1. The smallest absolute Gasteiger partial charge is 0.242 e. The first-order valence-electron chi connectivity index (χ1n) is 12.4.